The average molecular weight is 412 g/mol. The zero-order valence-electron chi connectivity index (χ0n) is 17.1. The van der Waals surface area contributed by atoms with Gasteiger partial charge in [0, 0.05) is 16.8 Å². The van der Waals surface area contributed by atoms with Gasteiger partial charge in [-0.25, -0.2) is 0 Å². The van der Waals surface area contributed by atoms with Crippen LogP contribution < -0.4 is 14.8 Å². The van der Waals surface area contributed by atoms with E-state index < -0.39 is 0 Å². The lowest BCUT2D eigenvalue weighted by Crippen LogP contribution is -2.04. The van der Waals surface area contributed by atoms with E-state index in [1.807, 2.05) is 60.7 Å². The zero-order chi connectivity index (χ0) is 21.6. The molecule has 4 aromatic rings. The molecule has 0 aliphatic carbocycles. The number of ether oxygens (including phenoxy) is 2. The Kier molecular flexibility index (Phi) is 5.84. The summed E-state index contributed by atoms with van der Waals surface area (Å²) < 4.78 is 11.0. The Morgan fingerprint density at radius 1 is 0.839 bits per heavy atom. The molecule has 31 heavy (non-hydrogen) atoms. The highest BCUT2D eigenvalue weighted by Gasteiger charge is 2.11. The predicted molar refractivity (Wildman–Crippen MR) is 118 cm³/mol. The van der Waals surface area contributed by atoms with Gasteiger partial charge in [0.1, 0.15) is 11.5 Å². The van der Waals surface area contributed by atoms with E-state index in [9.17, 15) is 4.79 Å². The number of nitrogens with one attached hydrogen (secondary N) is 1. The molecule has 0 saturated heterocycles. The van der Waals surface area contributed by atoms with Crippen LogP contribution in [0.4, 0.5) is 11.6 Å². The normalized spacial score (nSPS) is 10.4. The molecule has 0 saturated carbocycles. The maximum atomic E-state index is 11.7. The quantitative estimate of drug-likeness (QED) is 0.413. The summed E-state index contributed by atoms with van der Waals surface area (Å²) in [4.78, 5) is 24.8. The van der Waals surface area contributed by atoms with Gasteiger partial charge >= 0.3 is 6.01 Å². The van der Waals surface area contributed by atoms with Gasteiger partial charge in [0.2, 0.25) is 5.95 Å². The molecule has 1 N–H and O–H groups in total. The van der Waals surface area contributed by atoms with Crippen molar-refractivity contribution in [2.24, 2.45) is 0 Å². The molecule has 0 aliphatic rings. The number of anilines is 2. The van der Waals surface area contributed by atoms with Gasteiger partial charge in [-0.3, -0.25) is 4.79 Å². The summed E-state index contributed by atoms with van der Waals surface area (Å²) in [5.74, 6) is 2.18. The molecule has 0 atom stereocenters. The molecule has 0 fully saturated rings. The number of rotatable bonds is 7. The van der Waals surface area contributed by atoms with Gasteiger partial charge in [-0.05, 0) is 49.4 Å². The summed E-state index contributed by atoms with van der Waals surface area (Å²) in [6, 6.07) is 24.3. The third-order valence-electron chi connectivity index (χ3n) is 4.41. The molecule has 1 heterocycles. The van der Waals surface area contributed by atoms with E-state index >= 15 is 0 Å². The van der Waals surface area contributed by atoms with Crippen LogP contribution in [-0.4, -0.2) is 27.8 Å². The van der Waals surface area contributed by atoms with Gasteiger partial charge < -0.3 is 14.8 Å². The number of Topliss-reactive ketones (excluding diaryl/α,β-unsaturated/α-hetero) is 1. The summed E-state index contributed by atoms with van der Waals surface area (Å²) in [5.41, 5.74) is 2.06. The first-order chi connectivity index (χ1) is 15.1. The molecule has 0 bridgehead atoms. The molecular formula is C24H20N4O3. The average Bonchev–Trinajstić information content (AvgIpc) is 2.81. The highest BCUT2D eigenvalue weighted by atomic mass is 16.5. The van der Waals surface area contributed by atoms with Crippen molar-refractivity contribution >= 4 is 17.4 Å². The molecule has 154 valence electrons. The fraction of sp³-hybridized carbons (Fsp3) is 0.0833. The van der Waals surface area contributed by atoms with Crippen molar-refractivity contribution in [2.75, 3.05) is 12.4 Å². The number of nitrogens with zero attached hydrogens (tertiary/aromatic N) is 3. The third-order valence-corrected chi connectivity index (χ3v) is 4.41. The summed E-state index contributed by atoms with van der Waals surface area (Å²) in [5, 5.41) is 3.15. The predicted octanol–water partition coefficient (Wildman–Crippen LogP) is 5.29. The Bertz CT molecular complexity index is 1200. The van der Waals surface area contributed by atoms with Crippen LogP contribution in [-0.2, 0) is 0 Å². The molecule has 0 aliphatic heterocycles. The third kappa shape index (κ3) is 5.02. The van der Waals surface area contributed by atoms with Crippen LogP contribution in [0, 0.1) is 0 Å². The number of para-hydroxylation sites is 1. The van der Waals surface area contributed by atoms with Crippen LogP contribution in [0.5, 0.6) is 17.5 Å². The van der Waals surface area contributed by atoms with E-state index in [2.05, 4.69) is 20.3 Å². The number of carbonyl (C=O) groups is 1. The van der Waals surface area contributed by atoms with Crippen LogP contribution in [0.2, 0.25) is 0 Å². The Labute approximate surface area is 179 Å². The van der Waals surface area contributed by atoms with Crippen molar-refractivity contribution in [2.45, 2.75) is 6.92 Å². The maximum Gasteiger partial charge on any atom is 0.321 e. The first-order valence-electron chi connectivity index (χ1n) is 9.62. The SMILES string of the molecule is COc1nc(Nc2ccc(Oc3ccccc3)cc2)nc(-c2cccc(C(C)=O)c2)n1. The lowest BCUT2D eigenvalue weighted by molar-refractivity contribution is 0.101. The molecule has 0 spiro atoms. The van der Waals surface area contributed by atoms with Crippen molar-refractivity contribution in [3.63, 3.8) is 0 Å². The lowest BCUT2D eigenvalue weighted by atomic mass is 10.1. The minimum absolute atomic E-state index is 0.0287. The number of carbonyl (C=O) groups excluding carboxylic acids is 1. The second-order valence-corrected chi connectivity index (χ2v) is 6.67. The van der Waals surface area contributed by atoms with Crippen molar-refractivity contribution < 1.29 is 14.3 Å². The van der Waals surface area contributed by atoms with E-state index in [0.717, 1.165) is 11.4 Å². The van der Waals surface area contributed by atoms with Gasteiger partial charge in [-0.1, -0.05) is 36.4 Å². The van der Waals surface area contributed by atoms with Gasteiger partial charge in [0.15, 0.2) is 11.6 Å². The first kappa shape index (κ1) is 20.0. The molecule has 0 radical (unpaired) electrons. The Hall–Kier alpha value is -4.26. The van der Waals surface area contributed by atoms with E-state index in [1.165, 1.54) is 14.0 Å². The fourth-order valence-corrected chi connectivity index (χ4v) is 2.87. The second-order valence-electron chi connectivity index (χ2n) is 6.67. The van der Waals surface area contributed by atoms with E-state index in [-0.39, 0.29) is 11.8 Å². The summed E-state index contributed by atoms with van der Waals surface area (Å²) in [6.45, 7) is 1.52. The van der Waals surface area contributed by atoms with Gasteiger partial charge in [0.25, 0.3) is 0 Å². The lowest BCUT2D eigenvalue weighted by Gasteiger charge is -2.10. The molecule has 4 rings (SSSR count). The van der Waals surface area contributed by atoms with Gasteiger partial charge in [-0.15, -0.1) is 0 Å². The van der Waals surface area contributed by atoms with Crippen molar-refractivity contribution in [1.29, 1.82) is 0 Å². The van der Waals surface area contributed by atoms with Gasteiger partial charge in [0.05, 0.1) is 7.11 Å². The standard InChI is InChI=1S/C24H20N4O3/c1-16(29)17-7-6-8-18(15-17)22-26-23(28-24(27-22)30-2)25-19-11-13-21(14-12-19)31-20-9-4-3-5-10-20/h3-15H,1-2H3,(H,25,26,27,28). The highest BCUT2D eigenvalue weighted by molar-refractivity contribution is 5.95. The molecule has 7 nitrogen and oxygen atoms in total. The van der Waals surface area contributed by atoms with Crippen LogP contribution in [0.3, 0.4) is 0 Å². The zero-order valence-corrected chi connectivity index (χ0v) is 17.1. The number of hydrogen-bond acceptors (Lipinski definition) is 7. The van der Waals surface area contributed by atoms with E-state index in [0.29, 0.717) is 28.6 Å². The molecular weight excluding hydrogens is 392 g/mol. The maximum absolute atomic E-state index is 11.7. The number of methoxy groups -OCH3 is 1. The number of ketones is 1. The summed E-state index contributed by atoms with van der Waals surface area (Å²) in [7, 11) is 1.49. The van der Waals surface area contributed by atoms with Crippen LogP contribution in [0.25, 0.3) is 11.4 Å². The van der Waals surface area contributed by atoms with Crippen LogP contribution in [0.1, 0.15) is 17.3 Å². The molecule has 0 unspecified atom stereocenters. The Morgan fingerprint density at radius 3 is 2.29 bits per heavy atom. The van der Waals surface area contributed by atoms with Crippen LogP contribution in [0.15, 0.2) is 78.9 Å². The number of benzene rings is 3. The van der Waals surface area contributed by atoms with Crippen LogP contribution >= 0.6 is 0 Å². The van der Waals surface area contributed by atoms with Crippen molar-refractivity contribution in [3.8, 4) is 28.9 Å². The summed E-state index contributed by atoms with van der Waals surface area (Å²) in [6.07, 6.45) is 0. The minimum atomic E-state index is -0.0287. The molecule has 1 aromatic heterocycles. The molecule has 3 aromatic carbocycles. The van der Waals surface area contributed by atoms with Crippen molar-refractivity contribution in [1.82, 2.24) is 15.0 Å². The number of hydrogen-bond donors (Lipinski definition) is 1. The van der Waals surface area contributed by atoms with E-state index in [4.69, 9.17) is 9.47 Å². The Morgan fingerprint density at radius 2 is 1.58 bits per heavy atom. The monoisotopic (exact) mass is 412 g/mol. The van der Waals surface area contributed by atoms with E-state index in [1.54, 1.807) is 18.2 Å². The topological polar surface area (TPSA) is 86.2 Å². The van der Waals surface area contributed by atoms with Gasteiger partial charge in [-0.2, -0.15) is 15.0 Å². The first-order valence-corrected chi connectivity index (χ1v) is 9.62. The molecule has 7 heteroatoms. The van der Waals surface area contributed by atoms with Crippen molar-refractivity contribution in [3.05, 3.63) is 84.4 Å². The largest absolute Gasteiger partial charge is 0.467 e. The highest BCUT2D eigenvalue weighted by Crippen LogP contribution is 2.25. The smallest absolute Gasteiger partial charge is 0.321 e. The Balaban J connectivity index is 1.56. The minimum Gasteiger partial charge on any atom is -0.467 e. The fourth-order valence-electron chi connectivity index (χ4n) is 2.87. The number of aromatic nitrogens is 3. The summed E-state index contributed by atoms with van der Waals surface area (Å²) >= 11 is 0. The molecule has 0 amide bonds. The second kappa shape index (κ2) is 9.04.